The zero-order chi connectivity index (χ0) is 11.8. The van der Waals surface area contributed by atoms with E-state index in [2.05, 4.69) is 30.8 Å². The van der Waals surface area contributed by atoms with Gasteiger partial charge in [0, 0.05) is 24.7 Å². The Hall–Kier alpha value is -0.120. The summed E-state index contributed by atoms with van der Waals surface area (Å²) < 4.78 is 0. The zero-order valence-electron chi connectivity index (χ0n) is 11.1. The van der Waals surface area contributed by atoms with Crippen LogP contribution in [-0.4, -0.2) is 55.1 Å². The summed E-state index contributed by atoms with van der Waals surface area (Å²) in [7, 11) is 4.40. The van der Waals surface area contributed by atoms with Crippen LogP contribution in [0.5, 0.6) is 0 Å². The molecular weight excluding hydrogens is 198 g/mol. The fraction of sp³-hybridized carbons (Fsp3) is 1.00. The maximum atomic E-state index is 6.05. The molecule has 3 heteroatoms. The third-order valence-corrected chi connectivity index (χ3v) is 4.72. The molecular formula is C13H27N3. The molecule has 0 amide bonds. The van der Waals surface area contributed by atoms with E-state index >= 15 is 0 Å². The quantitative estimate of drug-likeness (QED) is 0.779. The monoisotopic (exact) mass is 225 g/mol. The number of piperidine rings is 1. The minimum Gasteiger partial charge on any atom is -0.329 e. The number of hydrogen-bond acceptors (Lipinski definition) is 3. The molecule has 0 bridgehead atoms. The lowest BCUT2D eigenvalue weighted by Crippen LogP contribution is -2.59. The van der Waals surface area contributed by atoms with Crippen LogP contribution in [0, 0.1) is 5.92 Å². The van der Waals surface area contributed by atoms with Gasteiger partial charge in [-0.2, -0.15) is 0 Å². The molecule has 94 valence electrons. The lowest BCUT2D eigenvalue weighted by Gasteiger charge is -2.47. The Morgan fingerprint density at radius 1 is 1.31 bits per heavy atom. The predicted octanol–water partition coefficient (Wildman–Crippen LogP) is 1.14. The van der Waals surface area contributed by atoms with E-state index < -0.39 is 0 Å². The lowest BCUT2D eigenvalue weighted by atomic mass is 9.90. The number of nitrogens with two attached hydrogens (primary N) is 1. The van der Waals surface area contributed by atoms with Gasteiger partial charge in [-0.3, -0.25) is 4.90 Å². The first-order valence-corrected chi connectivity index (χ1v) is 6.69. The van der Waals surface area contributed by atoms with Crippen molar-refractivity contribution in [1.82, 2.24) is 9.80 Å². The third-order valence-electron chi connectivity index (χ3n) is 4.72. The lowest BCUT2D eigenvalue weighted by molar-refractivity contribution is 0.0322. The molecule has 2 aliphatic rings. The van der Waals surface area contributed by atoms with Crippen molar-refractivity contribution in [1.29, 1.82) is 0 Å². The number of rotatable bonds is 4. The summed E-state index contributed by atoms with van der Waals surface area (Å²) in [6, 6.07) is 0.721. The van der Waals surface area contributed by atoms with E-state index in [1.54, 1.807) is 0 Å². The summed E-state index contributed by atoms with van der Waals surface area (Å²) in [6.45, 7) is 5.65. The van der Waals surface area contributed by atoms with E-state index in [1.165, 1.54) is 38.8 Å². The Bertz CT molecular complexity index is 237. The molecule has 1 saturated carbocycles. The molecule has 0 aromatic rings. The van der Waals surface area contributed by atoms with Gasteiger partial charge in [-0.1, -0.05) is 0 Å². The van der Waals surface area contributed by atoms with E-state index in [4.69, 9.17) is 5.73 Å². The number of nitrogens with zero attached hydrogens (tertiary/aromatic N) is 2. The molecule has 1 aliphatic carbocycles. The van der Waals surface area contributed by atoms with Gasteiger partial charge in [0.25, 0.3) is 0 Å². The first-order chi connectivity index (χ1) is 7.58. The summed E-state index contributed by atoms with van der Waals surface area (Å²) in [5.41, 5.74) is 6.32. The van der Waals surface area contributed by atoms with Gasteiger partial charge in [-0.15, -0.1) is 0 Å². The highest BCUT2D eigenvalue weighted by Gasteiger charge is 2.45. The van der Waals surface area contributed by atoms with Crippen LogP contribution in [-0.2, 0) is 0 Å². The fourth-order valence-electron chi connectivity index (χ4n) is 3.10. The molecule has 0 spiro atoms. The van der Waals surface area contributed by atoms with Crippen molar-refractivity contribution in [2.24, 2.45) is 11.7 Å². The molecule has 2 atom stereocenters. The van der Waals surface area contributed by atoms with E-state index in [-0.39, 0.29) is 5.54 Å². The molecule has 16 heavy (non-hydrogen) atoms. The van der Waals surface area contributed by atoms with Gasteiger partial charge in [0.1, 0.15) is 0 Å². The standard InChI is InChI=1S/C13H27N3/c1-13(10-14,11-6-7-11)16-8-4-5-12(9-16)15(2)3/h11-12H,4-10,14H2,1-3H3. The van der Waals surface area contributed by atoms with Crippen molar-refractivity contribution in [2.75, 3.05) is 33.7 Å². The molecule has 1 saturated heterocycles. The van der Waals surface area contributed by atoms with Crippen molar-refractivity contribution in [3.63, 3.8) is 0 Å². The Morgan fingerprint density at radius 2 is 2.00 bits per heavy atom. The van der Waals surface area contributed by atoms with Gasteiger partial charge in [-0.25, -0.2) is 0 Å². The van der Waals surface area contributed by atoms with Crippen LogP contribution in [0.15, 0.2) is 0 Å². The average Bonchev–Trinajstić information content (AvgIpc) is 3.12. The van der Waals surface area contributed by atoms with Crippen LogP contribution in [0.1, 0.15) is 32.6 Å². The summed E-state index contributed by atoms with van der Waals surface area (Å²) >= 11 is 0. The predicted molar refractivity (Wildman–Crippen MR) is 68.5 cm³/mol. The number of hydrogen-bond donors (Lipinski definition) is 1. The minimum absolute atomic E-state index is 0.273. The largest absolute Gasteiger partial charge is 0.329 e. The molecule has 2 N–H and O–H groups in total. The average molecular weight is 225 g/mol. The van der Waals surface area contributed by atoms with Crippen LogP contribution >= 0.6 is 0 Å². The second-order valence-electron chi connectivity index (χ2n) is 6.04. The summed E-state index contributed by atoms with van der Waals surface area (Å²) in [5.74, 6) is 0.860. The SMILES string of the molecule is CN(C)C1CCCN(C(C)(CN)C2CC2)C1. The van der Waals surface area contributed by atoms with Crippen LogP contribution in [0.4, 0.5) is 0 Å². The van der Waals surface area contributed by atoms with Crippen molar-refractivity contribution < 1.29 is 0 Å². The normalized spacial score (nSPS) is 31.7. The number of likely N-dealkylation sites (N-methyl/N-ethyl adjacent to an activating group) is 1. The Labute approximate surface area is 100.0 Å². The first-order valence-electron chi connectivity index (χ1n) is 6.69. The van der Waals surface area contributed by atoms with Crippen LogP contribution < -0.4 is 5.73 Å². The van der Waals surface area contributed by atoms with Gasteiger partial charge in [0.15, 0.2) is 0 Å². The second-order valence-corrected chi connectivity index (χ2v) is 6.04. The van der Waals surface area contributed by atoms with Crippen molar-refractivity contribution in [3.8, 4) is 0 Å². The van der Waals surface area contributed by atoms with Crippen LogP contribution in [0.3, 0.4) is 0 Å². The zero-order valence-corrected chi connectivity index (χ0v) is 11.1. The van der Waals surface area contributed by atoms with Crippen molar-refractivity contribution >= 4 is 0 Å². The van der Waals surface area contributed by atoms with Crippen molar-refractivity contribution in [3.05, 3.63) is 0 Å². The molecule has 3 nitrogen and oxygen atoms in total. The molecule has 0 radical (unpaired) electrons. The molecule has 2 rings (SSSR count). The molecule has 0 aromatic carbocycles. The minimum atomic E-state index is 0.273. The van der Waals surface area contributed by atoms with Crippen LogP contribution in [0.25, 0.3) is 0 Å². The highest BCUT2D eigenvalue weighted by Crippen LogP contribution is 2.43. The fourth-order valence-corrected chi connectivity index (χ4v) is 3.10. The van der Waals surface area contributed by atoms with Crippen LogP contribution in [0.2, 0.25) is 0 Å². The summed E-state index contributed by atoms with van der Waals surface area (Å²) in [4.78, 5) is 5.04. The topological polar surface area (TPSA) is 32.5 Å². The smallest absolute Gasteiger partial charge is 0.0332 e. The first kappa shape index (κ1) is 12.3. The maximum absolute atomic E-state index is 6.05. The Morgan fingerprint density at radius 3 is 2.50 bits per heavy atom. The van der Waals surface area contributed by atoms with E-state index in [0.29, 0.717) is 0 Å². The van der Waals surface area contributed by atoms with Gasteiger partial charge < -0.3 is 10.6 Å². The van der Waals surface area contributed by atoms with Gasteiger partial charge >= 0.3 is 0 Å². The molecule has 1 heterocycles. The summed E-state index contributed by atoms with van der Waals surface area (Å²) in [6.07, 6.45) is 5.44. The van der Waals surface area contributed by atoms with Gasteiger partial charge in [0.05, 0.1) is 0 Å². The number of likely N-dealkylation sites (tertiary alicyclic amines) is 1. The third kappa shape index (κ3) is 2.27. The second kappa shape index (κ2) is 4.63. The molecule has 2 unspecified atom stereocenters. The molecule has 1 aliphatic heterocycles. The maximum Gasteiger partial charge on any atom is 0.0332 e. The van der Waals surface area contributed by atoms with E-state index in [0.717, 1.165) is 18.5 Å². The molecule has 2 fully saturated rings. The highest BCUT2D eigenvalue weighted by atomic mass is 15.3. The van der Waals surface area contributed by atoms with Gasteiger partial charge in [0.2, 0.25) is 0 Å². The Kier molecular flexibility index (Phi) is 3.57. The highest BCUT2D eigenvalue weighted by molar-refractivity contribution is 5.02. The summed E-state index contributed by atoms with van der Waals surface area (Å²) in [5, 5.41) is 0. The van der Waals surface area contributed by atoms with E-state index in [9.17, 15) is 0 Å². The van der Waals surface area contributed by atoms with Crippen molar-refractivity contribution in [2.45, 2.75) is 44.2 Å². The Balaban J connectivity index is 2.02. The molecule has 0 aromatic heterocycles. The van der Waals surface area contributed by atoms with Gasteiger partial charge in [-0.05, 0) is 59.2 Å². The van der Waals surface area contributed by atoms with E-state index in [1.807, 2.05) is 0 Å².